The minimum atomic E-state index is -0.145. The van der Waals surface area contributed by atoms with Crippen molar-refractivity contribution in [2.75, 3.05) is 7.11 Å². The molecule has 2 aromatic heterocycles. The van der Waals surface area contributed by atoms with E-state index < -0.39 is 0 Å². The number of benzene rings is 1. The van der Waals surface area contributed by atoms with Crippen molar-refractivity contribution in [3.63, 3.8) is 0 Å². The molecule has 3 rings (SSSR count). The Bertz CT molecular complexity index is 885. The standard InChI is InChI=1S/C15H12N2O4S/c1-20-13-6-10(8-18)2-3-12(13)21-9-11-7-14(19)17-4-5-22-15(17)16-11/h2-8H,9H2,1H3. The normalized spacial score (nSPS) is 10.6. The van der Waals surface area contributed by atoms with Crippen molar-refractivity contribution in [2.45, 2.75) is 6.61 Å². The molecule has 0 radical (unpaired) electrons. The summed E-state index contributed by atoms with van der Waals surface area (Å²) in [4.78, 5) is 27.6. The van der Waals surface area contributed by atoms with Crippen LogP contribution in [-0.4, -0.2) is 22.8 Å². The Labute approximate surface area is 129 Å². The van der Waals surface area contributed by atoms with Gasteiger partial charge in [0.25, 0.3) is 5.56 Å². The first kappa shape index (κ1) is 14.3. The van der Waals surface area contributed by atoms with Crippen molar-refractivity contribution in [1.82, 2.24) is 9.38 Å². The van der Waals surface area contributed by atoms with Gasteiger partial charge in [0.2, 0.25) is 0 Å². The molecule has 0 unspecified atom stereocenters. The summed E-state index contributed by atoms with van der Waals surface area (Å²) >= 11 is 1.38. The van der Waals surface area contributed by atoms with Crippen LogP contribution < -0.4 is 15.0 Å². The number of thiazole rings is 1. The fourth-order valence-corrected chi connectivity index (χ4v) is 2.73. The molecule has 0 aliphatic carbocycles. The quantitative estimate of drug-likeness (QED) is 0.675. The van der Waals surface area contributed by atoms with Crippen molar-refractivity contribution in [3.8, 4) is 11.5 Å². The highest BCUT2D eigenvalue weighted by Gasteiger charge is 2.08. The molecule has 0 saturated carbocycles. The zero-order chi connectivity index (χ0) is 15.5. The summed E-state index contributed by atoms with van der Waals surface area (Å²) in [5.41, 5.74) is 0.891. The zero-order valence-electron chi connectivity index (χ0n) is 11.7. The number of ether oxygens (including phenoxy) is 2. The van der Waals surface area contributed by atoms with E-state index in [0.29, 0.717) is 27.7 Å². The van der Waals surface area contributed by atoms with Gasteiger partial charge in [-0.15, -0.1) is 11.3 Å². The summed E-state index contributed by atoms with van der Waals surface area (Å²) < 4.78 is 12.3. The highest BCUT2D eigenvalue weighted by atomic mass is 32.1. The summed E-state index contributed by atoms with van der Waals surface area (Å²) in [5, 5.41) is 1.80. The molecule has 0 fully saturated rings. The smallest absolute Gasteiger partial charge is 0.258 e. The average molecular weight is 316 g/mol. The van der Waals surface area contributed by atoms with Crippen molar-refractivity contribution in [2.24, 2.45) is 0 Å². The van der Waals surface area contributed by atoms with Crippen LogP contribution in [0.25, 0.3) is 4.96 Å². The third-order valence-electron chi connectivity index (χ3n) is 3.06. The van der Waals surface area contributed by atoms with E-state index in [2.05, 4.69) is 4.98 Å². The lowest BCUT2D eigenvalue weighted by molar-refractivity contribution is 0.112. The summed E-state index contributed by atoms with van der Waals surface area (Å²) in [5.74, 6) is 0.944. The fraction of sp³-hybridized carbons (Fsp3) is 0.133. The minimum absolute atomic E-state index is 0.139. The number of aldehydes is 1. The lowest BCUT2D eigenvalue weighted by Crippen LogP contribution is -2.14. The molecule has 3 aromatic rings. The second kappa shape index (κ2) is 5.98. The molecule has 0 amide bonds. The van der Waals surface area contributed by atoms with Crippen molar-refractivity contribution in [3.05, 3.63) is 57.5 Å². The van der Waals surface area contributed by atoms with E-state index in [1.54, 1.807) is 29.8 Å². The van der Waals surface area contributed by atoms with E-state index in [-0.39, 0.29) is 12.2 Å². The Morgan fingerprint density at radius 2 is 2.18 bits per heavy atom. The van der Waals surface area contributed by atoms with E-state index in [9.17, 15) is 9.59 Å². The summed E-state index contributed by atoms with van der Waals surface area (Å²) in [6.07, 6.45) is 2.42. The van der Waals surface area contributed by atoms with E-state index in [4.69, 9.17) is 9.47 Å². The molecule has 0 N–H and O–H groups in total. The first-order chi connectivity index (χ1) is 10.7. The summed E-state index contributed by atoms with van der Waals surface area (Å²) in [6.45, 7) is 0.139. The Morgan fingerprint density at radius 3 is 2.95 bits per heavy atom. The first-order valence-corrected chi connectivity index (χ1v) is 7.31. The van der Waals surface area contributed by atoms with Gasteiger partial charge in [-0.3, -0.25) is 14.0 Å². The van der Waals surface area contributed by atoms with E-state index >= 15 is 0 Å². The molecule has 1 aromatic carbocycles. The van der Waals surface area contributed by atoms with Gasteiger partial charge in [-0.05, 0) is 18.2 Å². The van der Waals surface area contributed by atoms with Crippen LogP contribution in [0.1, 0.15) is 16.1 Å². The van der Waals surface area contributed by atoms with Crippen LogP contribution in [0.4, 0.5) is 0 Å². The van der Waals surface area contributed by atoms with Gasteiger partial charge >= 0.3 is 0 Å². The number of methoxy groups -OCH3 is 1. The van der Waals surface area contributed by atoms with Crippen molar-refractivity contribution in [1.29, 1.82) is 0 Å². The Kier molecular flexibility index (Phi) is 3.88. The van der Waals surface area contributed by atoms with Gasteiger partial charge in [0.1, 0.15) is 12.9 Å². The van der Waals surface area contributed by atoms with Gasteiger partial charge in [0.15, 0.2) is 16.5 Å². The highest BCUT2D eigenvalue weighted by molar-refractivity contribution is 7.15. The average Bonchev–Trinajstić information content (AvgIpc) is 3.01. The van der Waals surface area contributed by atoms with Crippen LogP contribution in [0.2, 0.25) is 0 Å². The van der Waals surface area contributed by atoms with Gasteiger partial charge in [-0.2, -0.15) is 0 Å². The SMILES string of the molecule is COc1cc(C=O)ccc1OCc1cc(=O)n2ccsc2n1. The van der Waals surface area contributed by atoms with Gasteiger partial charge in [0, 0.05) is 23.2 Å². The van der Waals surface area contributed by atoms with Gasteiger partial charge in [-0.1, -0.05) is 0 Å². The predicted octanol–water partition coefficient (Wildman–Crippen LogP) is 2.16. The molecule has 0 spiro atoms. The molecule has 6 nitrogen and oxygen atoms in total. The number of aromatic nitrogens is 2. The number of fused-ring (bicyclic) bond motifs is 1. The van der Waals surface area contributed by atoms with Gasteiger partial charge < -0.3 is 9.47 Å². The Balaban J connectivity index is 1.84. The molecule has 0 atom stereocenters. The number of hydrogen-bond donors (Lipinski definition) is 0. The first-order valence-electron chi connectivity index (χ1n) is 6.43. The molecule has 7 heteroatoms. The molecule has 0 aliphatic heterocycles. The maximum absolute atomic E-state index is 11.9. The second-order valence-electron chi connectivity index (χ2n) is 4.46. The summed E-state index contributed by atoms with van der Waals surface area (Å²) in [7, 11) is 1.50. The monoisotopic (exact) mass is 316 g/mol. The molecule has 0 aliphatic rings. The maximum atomic E-state index is 11.9. The van der Waals surface area contributed by atoms with E-state index in [1.165, 1.54) is 28.9 Å². The number of carbonyl (C=O) groups excluding carboxylic acids is 1. The number of nitrogens with zero attached hydrogens (tertiary/aromatic N) is 2. The molecular formula is C15H12N2O4S. The summed E-state index contributed by atoms with van der Waals surface area (Å²) in [6, 6.07) is 6.31. The third-order valence-corrected chi connectivity index (χ3v) is 3.81. The topological polar surface area (TPSA) is 69.9 Å². The third kappa shape index (κ3) is 2.71. The maximum Gasteiger partial charge on any atom is 0.258 e. The van der Waals surface area contributed by atoms with E-state index in [1.807, 2.05) is 0 Å². The number of carbonyl (C=O) groups is 1. The van der Waals surface area contributed by atoms with Crippen LogP contribution >= 0.6 is 11.3 Å². The Morgan fingerprint density at radius 1 is 1.32 bits per heavy atom. The van der Waals surface area contributed by atoms with Crippen LogP contribution in [0.15, 0.2) is 40.6 Å². The van der Waals surface area contributed by atoms with Crippen LogP contribution in [0, 0.1) is 0 Å². The molecule has 22 heavy (non-hydrogen) atoms. The van der Waals surface area contributed by atoms with E-state index in [0.717, 1.165) is 6.29 Å². The van der Waals surface area contributed by atoms with Crippen molar-refractivity contribution < 1.29 is 14.3 Å². The lowest BCUT2D eigenvalue weighted by atomic mass is 10.2. The largest absolute Gasteiger partial charge is 0.493 e. The number of rotatable bonds is 5. The zero-order valence-corrected chi connectivity index (χ0v) is 12.5. The molecule has 0 saturated heterocycles. The van der Waals surface area contributed by atoms with Gasteiger partial charge in [0.05, 0.1) is 12.8 Å². The molecule has 2 heterocycles. The Hall–Kier alpha value is -2.67. The van der Waals surface area contributed by atoms with Crippen LogP contribution in [0.5, 0.6) is 11.5 Å². The molecular weight excluding hydrogens is 304 g/mol. The predicted molar refractivity (Wildman–Crippen MR) is 82.1 cm³/mol. The molecule has 112 valence electrons. The molecule has 0 bridgehead atoms. The fourth-order valence-electron chi connectivity index (χ4n) is 1.99. The van der Waals surface area contributed by atoms with Crippen molar-refractivity contribution >= 4 is 22.6 Å². The van der Waals surface area contributed by atoms with Crippen LogP contribution in [0.3, 0.4) is 0 Å². The van der Waals surface area contributed by atoms with Gasteiger partial charge in [-0.25, -0.2) is 4.98 Å². The minimum Gasteiger partial charge on any atom is -0.493 e. The highest BCUT2D eigenvalue weighted by Crippen LogP contribution is 2.28. The van der Waals surface area contributed by atoms with Crippen LogP contribution in [-0.2, 0) is 6.61 Å². The number of hydrogen-bond acceptors (Lipinski definition) is 6. The second-order valence-corrected chi connectivity index (χ2v) is 5.33. The lowest BCUT2D eigenvalue weighted by Gasteiger charge is -2.10.